The number of rotatable bonds is 3. The van der Waals surface area contributed by atoms with Crippen molar-refractivity contribution >= 4 is 5.71 Å². The van der Waals surface area contributed by atoms with Gasteiger partial charge in [0, 0.05) is 18.9 Å². The summed E-state index contributed by atoms with van der Waals surface area (Å²) in [5.74, 6) is 0.534. The van der Waals surface area contributed by atoms with Crippen LogP contribution in [0.4, 0.5) is 0 Å². The second-order valence-electron chi connectivity index (χ2n) is 3.49. The molecule has 2 fully saturated rings. The van der Waals surface area contributed by atoms with Gasteiger partial charge in [0.05, 0.1) is 25.5 Å². The monoisotopic (exact) mass is 185 g/mol. The Morgan fingerprint density at radius 3 is 3.08 bits per heavy atom. The van der Waals surface area contributed by atoms with Crippen LogP contribution in [-0.2, 0) is 14.3 Å². The van der Waals surface area contributed by atoms with E-state index < -0.39 is 0 Å². The summed E-state index contributed by atoms with van der Waals surface area (Å²) < 4.78 is 10.4. The van der Waals surface area contributed by atoms with E-state index in [1.807, 2.05) is 0 Å². The highest BCUT2D eigenvalue weighted by Gasteiger charge is 2.16. The molecule has 13 heavy (non-hydrogen) atoms. The molecule has 0 bridgehead atoms. The SMILES string of the molecule is C1C/C(=N\OCC2CCOC2)CO1. The van der Waals surface area contributed by atoms with E-state index in [0.29, 0.717) is 19.1 Å². The van der Waals surface area contributed by atoms with Crippen LogP contribution in [0.3, 0.4) is 0 Å². The van der Waals surface area contributed by atoms with Gasteiger partial charge in [-0.25, -0.2) is 0 Å². The maximum absolute atomic E-state index is 5.23. The van der Waals surface area contributed by atoms with Gasteiger partial charge in [-0.05, 0) is 6.42 Å². The minimum Gasteiger partial charge on any atom is -0.395 e. The van der Waals surface area contributed by atoms with Crippen LogP contribution in [0.25, 0.3) is 0 Å². The van der Waals surface area contributed by atoms with Gasteiger partial charge < -0.3 is 14.3 Å². The fraction of sp³-hybridized carbons (Fsp3) is 0.889. The summed E-state index contributed by atoms with van der Waals surface area (Å²) in [6.07, 6.45) is 2.02. The Morgan fingerprint density at radius 1 is 1.38 bits per heavy atom. The van der Waals surface area contributed by atoms with Crippen molar-refractivity contribution in [1.82, 2.24) is 0 Å². The third-order valence-electron chi connectivity index (χ3n) is 2.33. The number of oxime groups is 1. The summed E-state index contributed by atoms with van der Waals surface area (Å²) in [7, 11) is 0. The first kappa shape index (κ1) is 8.97. The number of hydrogen-bond acceptors (Lipinski definition) is 4. The van der Waals surface area contributed by atoms with Crippen LogP contribution in [0.5, 0.6) is 0 Å². The summed E-state index contributed by atoms with van der Waals surface area (Å²) in [6.45, 7) is 3.80. The zero-order chi connectivity index (χ0) is 8.93. The molecule has 0 saturated carbocycles. The summed E-state index contributed by atoms with van der Waals surface area (Å²) in [6, 6.07) is 0. The molecule has 4 nitrogen and oxygen atoms in total. The van der Waals surface area contributed by atoms with Crippen LogP contribution in [0, 0.1) is 5.92 Å². The molecule has 2 saturated heterocycles. The Labute approximate surface area is 77.8 Å². The molecule has 0 spiro atoms. The summed E-state index contributed by atoms with van der Waals surface area (Å²) >= 11 is 0. The quantitative estimate of drug-likeness (QED) is 0.611. The molecular formula is C9H15NO3. The van der Waals surface area contributed by atoms with Gasteiger partial charge in [0.1, 0.15) is 6.61 Å². The molecule has 1 atom stereocenters. The number of nitrogens with zero attached hydrogens (tertiary/aromatic N) is 1. The van der Waals surface area contributed by atoms with E-state index in [1.165, 1.54) is 0 Å². The van der Waals surface area contributed by atoms with Gasteiger partial charge in [-0.1, -0.05) is 5.16 Å². The summed E-state index contributed by atoms with van der Waals surface area (Å²) in [5, 5.41) is 4.02. The van der Waals surface area contributed by atoms with Crippen molar-refractivity contribution in [2.75, 3.05) is 33.0 Å². The van der Waals surface area contributed by atoms with Crippen molar-refractivity contribution in [2.45, 2.75) is 12.8 Å². The Kier molecular flexibility index (Phi) is 3.16. The molecule has 4 heteroatoms. The average Bonchev–Trinajstić information content (AvgIpc) is 2.75. The molecule has 0 aromatic rings. The third kappa shape index (κ3) is 2.67. The first-order valence-corrected chi connectivity index (χ1v) is 4.78. The second kappa shape index (κ2) is 4.58. The smallest absolute Gasteiger partial charge is 0.122 e. The first-order valence-electron chi connectivity index (χ1n) is 4.78. The van der Waals surface area contributed by atoms with Crippen LogP contribution in [0.15, 0.2) is 5.16 Å². The molecule has 0 aromatic carbocycles. The van der Waals surface area contributed by atoms with E-state index in [-0.39, 0.29) is 0 Å². The lowest BCUT2D eigenvalue weighted by Crippen LogP contribution is -2.08. The molecular weight excluding hydrogens is 170 g/mol. The van der Waals surface area contributed by atoms with E-state index >= 15 is 0 Å². The van der Waals surface area contributed by atoms with Gasteiger partial charge in [0.25, 0.3) is 0 Å². The van der Waals surface area contributed by atoms with Crippen LogP contribution >= 0.6 is 0 Å². The standard InChI is InChI=1S/C9H15NO3/c1-3-11-5-8(1)6-13-10-9-2-4-12-7-9/h8H,1-7H2/b10-9+. The van der Waals surface area contributed by atoms with Crippen LogP contribution in [0.2, 0.25) is 0 Å². The number of hydrogen-bond donors (Lipinski definition) is 0. The minimum absolute atomic E-state index is 0.534. The van der Waals surface area contributed by atoms with E-state index in [0.717, 1.165) is 38.4 Å². The van der Waals surface area contributed by atoms with Gasteiger partial charge in [-0.2, -0.15) is 0 Å². The highest BCUT2D eigenvalue weighted by atomic mass is 16.6. The molecule has 0 aromatic heterocycles. The predicted molar refractivity (Wildman–Crippen MR) is 47.7 cm³/mol. The van der Waals surface area contributed by atoms with Crippen LogP contribution in [0.1, 0.15) is 12.8 Å². The largest absolute Gasteiger partial charge is 0.395 e. The molecule has 2 heterocycles. The minimum atomic E-state index is 0.534. The molecule has 0 N–H and O–H groups in total. The maximum Gasteiger partial charge on any atom is 0.122 e. The van der Waals surface area contributed by atoms with Gasteiger partial charge in [0.15, 0.2) is 0 Å². The first-order chi connectivity index (χ1) is 6.45. The van der Waals surface area contributed by atoms with E-state index in [1.54, 1.807) is 0 Å². The van der Waals surface area contributed by atoms with Gasteiger partial charge in [-0.15, -0.1) is 0 Å². The highest BCUT2D eigenvalue weighted by molar-refractivity contribution is 5.86. The lowest BCUT2D eigenvalue weighted by molar-refractivity contribution is 0.0948. The van der Waals surface area contributed by atoms with Crippen molar-refractivity contribution in [1.29, 1.82) is 0 Å². The van der Waals surface area contributed by atoms with Crippen molar-refractivity contribution < 1.29 is 14.3 Å². The normalized spacial score (nSPS) is 31.4. The highest BCUT2D eigenvalue weighted by Crippen LogP contribution is 2.12. The average molecular weight is 185 g/mol. The van der Waals surface area contributed by atoms with E-state index in [4.69, 9.17) is 14.3 Å². The van der Waals surface area contributed by atoms with Crippen molar-refractivity contribution in [2.24, 2.45) is 11.1 Å². The Hall–Kier alpha value is -0.610. The lowest BCUT2D eigenvalue weighted by atomic mass is 10.1. The van der Waals surface area contributed by atoms with Crippen molar-refractivity contribution in [3.05, 3.63) is 0 Å². The summed E-state index contributed by atoms with van der Waals surface area (Å²) in [5.41, 5.74) is 1.03. The Bertz CT molecular complexity index is 179. The molecule has 0 aliphatic carbocycles. The van der Waals surface area contributed by atoms with Crippen LogP contribution < -0.4 is 0 Å². The van der Waals surface area contributed by atoms with Gasteiger partial charge in [-0.3, -0.25) is 0 Å². The van der Waals surface area contributed by atoms with Gasteiger partial charge >= 0.3 is 0 Å². The molecule has 1 unspecified atom stereocenters. The third-order valence-corrected chi connectivity index (χ3v) is 2.33. The van der Waals surface area contributed by atoms with Crippen molar-refractivity contribution in [3.8, 4) is 0 Å². The zero-order valence-electron chi connectivity index (χ0n) is 7.70. The Morgan fingerprint density at radius 2 is 2.38 bits per heavy atom. The number of ether oxygens (including phenoxy) is 2. The van der Waals surface area contributed by atoms with Crippen LogP contribution in [-0.4, -0.2) is 38.7 Å². The fourth-order valence-electron chi connectivity index (χ4n) is 1.47. The van der Waals surface area contributed by atoms with E-state index in [9.17, 15) is 0 Å². The maximum atomic E-state index is 5.23. The second-order valence-corrected chi connectivity index (χ2v) is 3.49. The molecule has 2 aliphatic heterocycles. The molecule has 74 valence electrons. The lowest BCUT2D eigenvalue weighted by Gasteiger charge is -2.04. The van der Waals surface area contributed by atoms with E-state index in [2.05, 4.69) is 5.16 Å². The molecule has 2 aliphatic rings. The zero-order valence-corrected chi connectivity index (χ0v) is 7.70. The molecule has 0 radical (unpaired) electrons. The topological polar surface area (TPSA) is 40.0 Å². The van der Waals surface area contributed by atoms with Gasteiger partial charge in [0.2, 0.25) is 0 Å². The fourth-order valence-corrected chi connectivity index (χ4v) is 1.47. The molecule has 2 rings (SSSR count). The van der Waals surface area contributed by atoms with Crippen molar-refractivity contribution in [3.63, 3.8) is 0 Å². The predicted octanol–water partition coefficient (Wildman–Crippen LogP) is 0.816. The molecule has 0 amide bonds. The summed E-state index contributed by atoms with van der Waals surface area (Å²) in [4.78, 5) is 5.23. The Balaban J connectivity index is 1.64.